The number of rotatable bonds is 7. The van der Waals surface area contributed by atoms with Crippen molar-refractivity contribution in [3.05, 3.63) is 59.2 Å². The first-order valence-corrected chi connectivity index (χ1v) is 11.4. The van der Waals surface area contributed by atoms with Crippen LogP contribution in [0, 0.1) is 12.3 Å². The first kappa shape index (κ1) is 20.6. The van der Waals surface area contributed by atoms with Crippen molar-refractivity contribution in [2.45, 2.75) is 65.0 Å². The molecule has 0 unspecified atom stereocenters. The molecule has 156 valence electrons. The van der Waals surface area contributed by atoms with Crippen molar-refractivity contribution in [2.75, 3.05) is 13.1 Å². The van der Waals surface area contributed by atoms with Gasteiger partial charge in [0.1, 0.15) is 5.65 Å². The molecule has 0 bridgehead atoms. The van der Waals surface area contributed by atoms with Crippen molar-refractivity contribution < 1.29 is 0 Å². The molecule has 2 aromatic heterocycles. The maximum Gasteiger partial charge on any atom is 0.206 e. The fourth-order valence-electron chi connectivity index (χ4n) is 4.69. The highest BCUT2D eigenvalue weighted by Gasteiger charge is 2.21. The van der Waals surface area contributed by atoms with Crippen LogP contribution < -0.4 is 0 Å². The summed E-state index contributed by atoms with van der Waals surface area (Å²) < 4.78 is 2.46. The molecule has 1 aliphatic carbocycles. The summed E-state index contributed by atoms with van der Waals surface area (Å²) >= 11 is 0. The van der Waals surface area contributed by atoms with Crippen molar-refractivity contribution in [3.63, 3.8) is 0 Å². The minimum absolute atomic E-state index is 0.477. The fourth-order valence-corrected chi connectivity index (χ4v) is 4.69. The summed E-state index contributed by atoms with van der Waals surface area (Å²) in [6, 6.07) is 11.9. The van der Waals surface area contributed by atoms with Gasteiger partial charge in [0.2, 0.25) is 5.82 Å². The third kappa shape index (κ3) is 4.42. The average molecular weight is 400 g/mol. The zero-order chi connectivity index (χ0) is 20.9. The third-order valence-corrected chi connectivity index (χ3v) is 6.43. The lowest BCUT2D eigenvalue weighted by atomic mass is 9.95. The molecule has 1 fully saturated rings. The molecule has 0 N–H and O–H groups in total. The van der Waals surface area contributed by atoms with Gasteiger partial charge >= 0.3 is 0 Å². The summed E-state index contributed by atoms with van der Waals surface area (Å²) in [6.07, 6.45) is 14.7. The third-order valence-electron chi connectivity index (χ3n) is 6.43. The molecule has 1 saturated carbocycles. The van der Waals surface area contributed by atoms with Gasteiger partial charge in [0, 0.05) is 36.3 Å². The van der Waals surface area contributed by atoms with E-state index in [0.29, 0.717) is 11.9 Å². The van der Waals surface area contributed by atoms with E-state index in [1.807, 2.05) is 6.20 Å². The van der Waals surface area contributed by atoms with E-state index in [4.69, 9.17) is 11.4 Å². The zero-order valence-electron chi connectivity index (χ0n) is 18.3. The molecule has 0 aliphatic heterocycles. The second kappa shape index (κ2) is 9.45. The Hall–Kier alpha value is -2.64. The van der Waals surface area contributed by atoms with Crippen molar-refractivity contribution in [3.8, 4) is 12.3 Å². The predicted molar refractivity (Wildman–Crippen MR) is 123 cm³/mol. The van der Waals surface area contributed by atoms with Crippen LogP contribution in [-0.4, -0.2) is 32.5 Å². The van der Waals surface area contributed by atoms with E-state index in [0.717, 1.165) is 37.1 Å². The van der Waals surface area contributed by atoms with Gasteiger partial charge in [0.25, 0.3) is 0 Å². The van der Waals surface area contributed by atoms with E-state index in [1.165, 1.54) is 48.9 Å². The summed E-state index contributed by atoms with van der Waals surface area (Å²) in [5, 5.41) is 1.09. The molecule has 0 spiro atoms. The first-order chi connectivity index (χ1) is 14.7. The first-order valence-electron chi connectivity index (χ1n) is 11.4. The van der Waals surface area contributed by atoms with Crippen LogP contribution in [0.15, 0.2) is 36.5 Å². The lowest BCUT2D eigenvalue weighted by molar-refractivity contribution is 0.296. The van der Waals surface area contributed by atoms with Gasteiger partial charge in [0.15, 0.2) is 0 Å². The fraction of sp³-hybridized carbons (Fsp3) is 0.462. The molecule has 0 amide bonds. The molecule has 0 saturated heterocycles. The van der Waals surface area contributed by atoms with Crippen molar-refractivity contribution in [1.29, 1.82) is 0 Å². The van der Waals surface area contributed by atoms with E-state index >= 15 is 0 Å². The summed E-state index contributed by atoms with van der Waals surface area (Å²) in [7, 11) is 0. The number of benzene rings is 1. The number of hydrogen-bond donors (Lipinski definition) is 0. The number of terminal acetylenes is 1. The minimum Gasteiger partial charge on any atom is -0.326 e. The normalized spacial score (nSPS) is 15.0. The van der Waals surface area contributed by atoms with Crippen molar-refractivity contribution in [1.82, 2.24) is 19.4 Å². The molecule has 30 heavy (non-hydrogen) atoms. The maximum absolute atomic E-state index is 5.58. The van der Waals surface area contributed by atoms with Crippen LogP contribution in [0.2, 0.25) is 0 Å². The molecule has 0 radical (unpaired) electrons. The molecular formula is C26H32N4. The van der Waals surface area contributed by atoms with Gasteiger partial charge in [-0.25, -0.2) is 9.97 Å². The van der Waals surface area contributed by atoms with Gasteiger partial charge < -0.3 is 4.57 Å². The van der Waals surface area contributed by atoms with Crippen LogP contribution in [-0.2, 0) is 13.0 Å². The van der Waals surface area contributed by atoms with Crippen LogP contribution in [0.1, 0.15) is 74.6 Å². The Labute approximate surface area is 180 Å². The highest BCUT2D eigenvalue weighted by atomic mass is 15.1. The highest BCUT2D eigenvalue weighted by molar-refractivity contribution is 5.77. The lowest BCUT2D eigenvalue weighted by Gasteiger charge is -2.26. The quantitative estimate of drug-likeness (QED) is 0.502. The molecule has 3 aromatic rings. The van der Waals surface area contributed by atoms with Gasteiger partial charge in [-0.1, -0.05) is 57.4 Å². The van der Waals surface area contributed by atoms with Gasteiger partial charge in [0.05, 0.1) is 0 Å². The number of fused-ring (bicyclic) bond motifs is 1. The van der Waals surface area contributed by atoms with Crippen LogP contribution >= 0.6 is 0 Å². The number of aromatic nitrogens is 3. The van der Waals surface area contributed by atoms with Gasteiger partial charge in [-0.3, -0.25) is 4.90 Å². The number of hydrogen-bond acceptors (Lipinski definition) is 3. The van der Waals surface area contributed by atoms with Crippen LogP contribution in [0.25, 0.3) is 11.0 Å². The molecule has 0 atom stereocenters. The lowest BCUT2D eigenvalue weighted by Crippen LogP contribution is -2.22. The molecular weight excluding hydrogens is 367 g/mol. The summed E-state index contributed by atoms with van der Waals surface area (Å²) in [4.78, 5) is 11.5. The van der Waals surface area contributed by atoms with E-state index in [2.05, 4.69) is 64.6 Å². The molecule has 4 rings (SSSR count). The minimum atomic E-state index is 0.477. The molecule has 2 heterocycles. The maximum atomic E-state index is 5.58. The largest absolute Gasteiger partial charge is 0.326 e. The van der Waals surface area contributed by atoms with E-state index in [1.54, 1.807) is 0 Å². The Kier molecular flexibility index (Phi) is 6.50. The second-order valence-electron chi connectivity index (χ2n) is 8.37. The van der Waals surface area contributed by atoms with E-state index < -0.39 is 0 Å². The Morgan fingerprint density at radius 1 is 1.07 bits per heavy atom. The predicted octanol–water partition coefficient (Wildman–Crippen LogP) is 5.35. The molecule has 1 aliphatic rings. The standard InChI is InChI=1S/C26H32N4/c1-4-25-27-18-22-17-24(30(26(22)28-25)23-10-8-7-9-11-23)16-20-12-14-21(15-13-20)19-29(5-2)6-3/h1,12-15,17-18,23H,5-11,16,19H2,2-3H3/i2-1. The molecule has 4 nitrogen and oxygen atoms in total. The monoisotopic (exact) mass is 399 g/mol. The van der Waals surface area contributed by atoms with E-state index in [-0.39, 0.29) is 0 Å². The van der Waals surface area contributed by atoms with Crippen LogP contribution in [0.3, 0.4) is 0 Å². The van der Waals surface area contributed by atoms with Crippen LogP contribution in [0.5, 0.6) is 0 Å². The Morgan fingerprint density at radius 2 is 1.77 bits per heavy atom. The van der Waals surface area contributed by atoms with Gasteiger partial charge in [-0.05, 0) is 49.0 Å². The second-order valence-corrected chi connectivity index (χ2v) is 8.37. The summed E-state index contributed by atoms with van der Waals surface area (Å²) in [6.45, 7) is 7.62. The zero-order valence-corrected chi connectivity index (χ0v) is 18.3. The van der Waals surface area contributed by atoms with Crippen LogP contribution in [0.4, 0.5) is 0 Å². The summed E-state index contributed by atoms with van der Waals surface area (Å²) in [5.41, 5.74) is 5.03. The molecule has 4 heteroatoms. The Balaban J connectivity index is 1.64. The topological polar surface area (TPSA) is 34.0 Å². The number of nitrogens with zero attached hydrogens (tertiary/aromatic N) is 4. The molecule has 1 aromatic carbocycles. The highest BCUT2D eigenvalue weighted by Crippen LogP contribution is 2.33. The Morgan fingerprint density at radius 3 is 2.43 bits per heavy atom. The SMILES string of the molecule is C#Cc1ncc2cc(Cc3ccc(CN(CC)C[11CH3])cc3)n(C3CCCCC3)c2n1. The van der Waals surface area contributed by atoms with Gasteiger partial charge in [-0.2, -0.15) is 0 Å². The Bertz CT molecular complexity index is 1020. The van der Waals surface area contributed by atoms with E-state index in [9.17, 15) is 0 Å². The van der Waals surface area contributed by atoms with Crippen molar-refractivity contribution in [2.24, 2.45) is 0 Å². The van der Waals surface area contributed by atoms with Crippen molar-refractivity contribution >= 4 is 11.0 Å². The average Bonchev–Trinajstić information content (AvgIpc) is 3.15. The summed E-state index contributed by atoms with van der Waals surface area (Å²) in [5.74, 6) is 3.08. The van der Waals surface area contributed by atoms with Gasteiger partial charge in [-0.15, -0.1) is 6.42 Å². The smallest absolute Gasteiger partial charge is 0.206 e.